The number of unbranched alkanes of at least 4 members (excludes halogenated alkanes) is 15. The van der Waals surface area contributed by atoms with Crippen molar-refractivity contribution in [2.75, 3.05) is 19.6 Å². The fraction of sp³-hybridized carbons (Fsp3) is 0.958. The van der Waals surface area contributed by atoms with Gasteiger partial charge in [-0.2, -0.15) is 0 Å². The molecule has 0 spiro atoms. The van der Waals surface area contributed by atoms with Crippen LogP contribution in [0.25, 0.3) is 0 Å². The molecule has 26 heavy (non-hydrogen) atoms. The molecule has 0 amide bonds. The van der Waals surface area contributed by atoms with Crippen LogP contribution in [0, 0.1) is 0 Å². The van der Waals surface area contributed by atoms with Gasteiger partial charge in [-0.15, -0.1) is 0 Å². The Hall–Kier alpha value is -0.530. The summed E-state index contributed by atoms with van der Waals surface area (Å²) in [6, 6.07) is 0. The van der Waals surface area contributed by atoms with Gasteiger partial charge in [0.2, 0.25) is 0 Å². The third-order valence-electron chi connectivity index (χ3n) is 5.78. The van der Waals surface area contributed by atoms with Gasteiger partial charge in [-0.05, 0) is 12.8 Å². The molecule has 0 atom stereocenters. The van der Waals surface area contributed by atoms with E-state index in [-0.39, 0.29) is 0 Å². The van der Waals surface area contributed by atoms with E-state index in [0.717, 1.165) is 6.54 Å². The second kappa shape index (κ2) is 17.9. The largest absolute Gasteiger partial charge is 0.359 e. The Morgan fingerprint density at radius 2 is 1.08 bits per heavy atom. The Kier molecular flexibility index (Phi) is 16.2. The molecule has 2 heteroatoms. The maximum Gasteiger partial charge on any atom is 0.0990 e. The van der Waals surface area contributed by atoms with Crippen LogP contribution in [0.2, 0.25) is 0 Å². The number of nitrogens with zero attached hydrogens (tertiary/aromatic N) is 2. The lowest BCUT2D eigenvalue weighted by atomic mass is 10.0. The fourth-order valence-electron chi connectivity index (χ4n) is 4.11. The van der Waals surface area contributed by atoms with Crippen LogP contribution >= 0.6 is 0 Å². The van der Waals surface area contributed by atoms with Crippen molar-refractivity contribution < 1.29 is 0 Å². The molecule has 1 heterocycles. The van der Waals surface area contributed by atoms with Crippen molar-refractivity contribution >= 4 is 5.84 Å². The van der Waals surface area contributed by atoms with E-state index >= 15 is 0 Å². The van der Waals surface area contributed by atoms with Crippen LogP contribution in [0.4, 0.5) is 0 Å². The summed E-state index contributed by atoms with van der Waals surface area (Å²) in [6.07, 6.45) is 25.6. The van der Waals surface area contributed by atoms with Crippen molar-refractivity contribution in [2.24, 2.45) is 4.99 Å². The lowest BCUT2D eigenvalue weighted by Crippen LogP contribution is -2.28. The molecule has 0 aliphatic carbocycles. The highest BCUT2D eigenvalue weighted by molar-refractivity contribution is 5.83. The van der Waals surface area contributed by atoms with Gasteiger partial charge in [-0.25, -0.2) is 0 Å². The second-order valence-electron chi connectivity index (χ2n) is 8.34. The van der Waals surface area contributed by atoms with E-state index in [2.05, 4.69) is 23.7 Å². The summed E-state index contributed by atoms with van der Waals surface area (Å²) in [5, 5.41) is 0. The van der Waals surface area contributed by atoms with Gasteiger partial charge in [-0.1, -0.05) is 110 Å². The maximum atomic E-state index is 4.69. The van der Waals surface area contributed by atoms with Crippen molar-refractivity contribution in [1.82, 2.24) is 4.90 Å². The molecule has 0 aromatic carbocycles. The van der Waals surface area contributed by atoms with Crippen molar-refractivity contribution in [1.29, 1.82) is 0 Å². The van der Waals surface area contributed by atoms with Crippen molar-refractivity contribution in [3.05, 3.63) is 0 Å². The highest BCUT2D eigenvalue weighted by atomic mass is 15.2. The Morgan fingerprint density at radius 3 is 1.54 bits per heavy atom. The molecular formula is C24H48N2. The summed E-state index contributed by atoms with van der Waals surface area (Å²) in [7, 11) is 0. The highest BCUT2D eigenvalue weighted by Crippen LogP contribution is 2.15. The van der Waals surface area contributed by atoms with E-state index in [1.54, 1.807) is 0 Å². The zero-order valence-corrected chi connectivity index (χ0v) is 18.2. The van der Waals surface area contributed by atoms with Crippen LogP contribution in [0.3, 0.4) is 0 Å². The van der Waals surface area contributed by atoms with E-state index in [1.165, 1.54) is 134 Å². The number of amidine groups is 1. The maximum absolute atomic E-state index is 4.69. The highest BCUT2D eigenvalue weighted by Gasteiger charge is 2.14. The van der Waals surface area contributed by atoms with E-state index in [9.17, 15) is 0 Å². The van der Waals surface area contributed by atoms with E-state index in [1.807, 2.05) is 0 Å². The number of hydrogen-bond acceptors (Lipinski definition) is 2. The first-order valence-corrected chi connectivity index (χ1v) is 12.2. The summed E-state index contributed by atoms with van der Waals surface area (Å²) >= 11 is 0. The molecule has 1 aliphatic heterocycles. The predicted octanol–water partition coefficient (Wildman–Crippen LogP) is 7.76. The smallest absolute Gasteiger partial charge is 0.0990 e. The van der Waals surface area contributed by atoms with Crippen LogP contribution in [-0.4, -0.2) is 30.4 Å². The molecule has 0 aromatic rings. The normalized spacial score (nSPS) is 14.2. The van der Waals surface area contributed by atoms with Gasteiger partial charge in [0, 0.05) is 19.5 Å². The molecule has 0 N–H and O–H groups in total. The zero-order chi connectivity index (χ0) is 18.7. The van der Waals surface area contributed by atoms with Gasteiger partial charge in [0.25, 0.3) is 0 Å². The third-order valence-corrected chi connectivity index (χ3v) is 5.78. The van der Waals surface area contributed by atoms with Gasteiger partial charge < -0.3 is 4.90 Å². The van der Waals surface area contributed by atoms with Gasteiger partial charge in [0.05, 0.1) is 12.4 Å². The first kappa shape index (κ1) is 23.5. The average molecular weight is 365 g/mol. The first-order valence-electron chi connectivity index (χ1n) is 12.2. The number of hydrogen-bond donors (Lipinski definition) is 0. The summed E-state index contributed by atoms with van der Waals surface area (Å²) < 4.78 is 0. The standard InChI is InChI=1S/C24H48N2/c1-3-5-6-7-8-9-10-11-12-13-14-15-16-17-18-19-20-24-25-21-23-26(24)22-4-2/h3-23H2,1-2H3. The Balaban J connectivity index is 1.75. The molecule has 1 aliphatic rings. The van der Waals surface area contributed by atoms with Crippen molar-refractivity contribution in [3.63, 3.8) is 0 Å². The Bertz CT molecular complexity index is 324. The Morgan fingerprint density at radius 1 is 0.615 bits per heavy atom. The van der Waals surface area contributed by atoms with Gasteiger partial charge in [0.15, 0.2) is 0 Å². The van der Waals surface area contributed by atoms with Gasteiger partial charge >= 0.3 is 0 Å². The summed E-state index contributed by atoms with van der Waals surface area (Å²) in [4.78, 5) is 7.19. The molecular weight excluding hydrogens is 316 g/mol. The molecule has 0 radical (unpaired) electrons. The van der Waals surface area contributed by atoms with Crippen LogP contribution < -0.4 is 0 Å². The van der Waals surface area contributed by atoms with Crippen LogP contribution in [-0.2, 0) is 0 Å². The summed E-state index contributed by atoms with van der Waals surface area (Å²) in [6.45, 7) is 7.98. The molecule has 2 nitrogen and oxygen atoms in total. The SMILES string of the molecule is CCCCCCCCCCCCCCCCCCC1=NCCN1CCC. The van der Waals surface area contributed by atoms with Crippen LogP contribution in [0.15, 0.2) is 4.99 Å². The van der Waals surface area contributed by atoms with Crippen molar-refractivity contribution in [3.8, 4) is 0 Å². The molecule has 0 fully saturated rings. The quantitative estimate of drug-likeness (QED) is 0.214. The summed E-state index contributed by atoms with van der Waals surface area (Å²) in [5.74, 6) is 1.40. The minimum atomic E-state index is 1.04. The fourth-order valence-corrected chi connectivity index (χ4v) is 4.11. The molecule has 0 bridgehead atoms. The first-order chi connectivity index (χ1) is 12.9. The van der Waals surface area contributed by atoms with Crippen molar-refractivity contribution in [2.45, 2.75) is 129 Å². The van der Waals surface area contributed by atoms with Gasteiger partial charge in [0.1, 0.15) is 0 Å². The molecule has 0 saturated heterocycles. The minimum Gasteiger partial charge on any atom is -0.359 e. The van der Waals surface area contributed by atoms with Crippen LogP contribution in [0.1, 0.15) is 129 Å². The summed E-state index contributed by atoms with van der Waals surface area (Å²) in [5.41, 5.74) is 0. The van der Waals surface area contributed by atoms with E-state index in [4.69, 9.17) is 0 Å². The van der Waals surface area contributed by atoms with Gasteiger partial charge in [-0.3, -0.25) is 4.99 Å². The third kappa shape index (κ3) is 12.8. The molecule has 1 rings (SSSR count). The average Bonchev–Trinajstić information content (AvgIpc) is 3.09. The second-order valence-corrected chi connectivity index (χ2v) is 8.34. The Labute approximate surface area is 165 Å². The van der Waals surface area contributed by atoms with Crippen LogP contribution in [0.5, 0.6) is 0 Å². The number of rotatable bonds is 19. The van der Waals surface area contributed by atoms with E-state index < -0.39 is 0 Å². The lowest BCUT2D eigenvalue weighted by molar-refractivity contribution is 0.444. The molecule has 0 saturated carbocycles. The number of aliphatic imine (C=N–C) groups is 1. The molecule has 0 aromatic heterocycles. The predicted molar refractivity (Wildman–Crippen MR) is 118 cm³/mol. The topological polar surface area (TPSA) is 15.6 Å². The lowest BCUT2D eigenvalue weighted by Gasteiger charge is -2.19. The van der Waals surface area contributed by atoms with E-state index in [0.29, 0.717) is 0 Å². The minimum absolute atomic E-state index is 1.04. The molecule has 154 valence electrons. The molecule has 0 unspecified atom stereocenters. The zero-order valence-electron chi connectivity index (χ0n) is 18.2. The monoisotopic (exact) mass is 364 g/mol.